The van der Waals surface area contributed by atoms with E-state index in [0.29, 0.717) is 6.42 Å². The number of aromatic nitrogens is 4. The zero-order valence-electron chi connectivity index (χ0n) is 42.8. The second kappa shape index (κ2) is 33.5. The molecule has 2 amide bonds. The summed E-state index contributed by atoms with van der Waals surface area (Å²) in [5.74, 6) is -1.38. The number of hydrogen-bond acceptors (Lipinski definition) is 19. The van der Waals surface area contributed by atoms with Gasteiger partial charge in [0.15, 0.2) is 22.8 Å². The zero-order valence-corrected chi connectivity index (χ0v) is 46.3. The number of rotatable bonds is 41. The molecular weight excluding hydrogens is 1050 g/mol. The number of unbranched alkanes of at least 4 members (excludes halogenated alkanes) is 18. The van der Waals surface area contributed by atoms with Gasteiger partial charge in [-0.25, -0.2) is 28.6 Å². The first-order valence-electron chi connectivity index (χ1n) is 25.5. The van der Waals surface area contributed by atoms with Gasteiger partial charge in [-0.15, -0.1) is 0 Å². The largest absolute Gasteiger partial charge is 0.481 e. The van der Waals surface area contributed by atoms with Crippen molar-refractivity contribution in [2.75, 3.05) is 37.8 Å². The van der Waals surface area contributed by atoms with Crippen LogP contribution in [0.2, 0.25) is 0 Å². The molecule has 0 saturated carbocycles. The van der Waals surface area contributed by atoms with Gasteiger partial charge < -0.3 is 50.9 Å². The summed E-state index contributed by atoms with van der Waals surface area (Å²) in [4.78, 5) is 101. The summed E-state index contributed by atoms with van der Waals surface area (Å²) in [5, 5.41) is 26.3. The van der Waals surface area contributed by atoms with Crippen LogP contribution in [-0.2, 0) is 55.5 Å². The highest BCUT2D eigenvalue weighted by atomic mass is 32.2. The molecule has 2 aromatic rings. The Morgan fingerprint density at radius 1 is 0.797 bits per heavy atom. The highest BCUT2D eigenvalue weighted by Gasteiger charge is 2.50. The van der Waals surface area contributed by atoms with Gasteiger partial charge >= 0.3 is 23.5 Å². The average Bonchev–Trinajstić information content (AvgIpc) is 3.89. The van der Waals surface area contributed by atoms with Crippen LogP contribution in [0.4, 0.5) is 5.82 Å². The lowest BCUT2D eigenvalue weighted by Crippen LogP contribution is -2.46. The number of carbonyl (C=O) groups is 4. The first-order valence-corrected chi connectivity index (χ1v) is 31.0. The lowest BCUT2D eigenvalue weighted by atomic mass is 9.87. The smallest absolute Gasteiger partial charge is 0.386 e. The van der Waals surface area contributed by atoms with E-state index in [-0.39, 0.29) is 59.6 Å². The number of Topliss-reactive ketones (excluding diaryl/α,β-unsaturated/α-hetero) is 1. The van der Waals surface area contributed by atoms with E-state index in [2.05, 4.69) is 41.3 Å². The predicted molar refractivity (Wildman–Crippen MR) is 275 cm³/mol. The molecule has 1 saturated heterocycles. The minimum atomic E-state index is -5.59. The molecule has 424 valence electrons. The molecule has 0 aliphatic carbocycles. The molecule has 10 N–H and O–H groups in total. The first kappa shape index (κ1) is 65.5. The Balaban J connectivity index is 1.24. The number of nitrogens with two attached hydrogens (primary N) is 1. The van der Waals surface area contributed by atoms with E-state index < -0.39 is 84.6 Å². The van der Waals surface area contributed by atoms with Gasteiger partial charge in [-0.05, 0) is 6.42 Å². The molecule has 29 heteroatoms. The number of phosphoric ester groups is 3. The van der Waals surface area contributed by atoms with Crippen molar-refractivity contribution in [3.05, 3.63) is 12.7 Å². The van der Waals surface area contributed by atoms with Crippen molar-refractivity contribution in [3.8, 4) is 0 Å². The molecule has 3 rings (SSSR count). The van der Waals surface area contributed by atoms with Gasteiger partial charge in [0.1, 0.15) is 42.0 Å². The third-order valence-corrected chi connectivity index (χ3v) is 16.1. The number of nitrogen functional groups attached to an aromatic ring is 1. The summed E-state index contributed by atoms with van der Waals surface area (Å²) >= 11 is 0.944. The summed E-state index contributed by atoms with van der Waals surface area (Å²) in [5.41, 5.74) is 4.25. The standard InChI is InChI=1S/C45H80N7O18P3S/c1-4-5-6-7-8-9-10-11-12-13-14-15-16-17-18-19-20-21-22-23-33(53)28-36(55)74-27-26-47-35(54)24-25-48-43(58)40(57)45(2,3)30-67-73(64,65)70-72(62,63)66-29-34-39(69-71(59,60)61)38(56)44(68-34)52-32-51-37-41(46)49-31-50-42(37)52/h31-32,34,38-40,44,56-57H,4-30H2,1-3H3,(H,47,54)(H,48,58)(H,62,63)(H,64,65)(H2,46,49,50)(H2,59,60,61)/t34-,38?,39?,40+,44-/m1/s1. The molecule has 0 spiro atoms. The molecule has 1 fully saturated rings. The van der Waals surface area contributed by atoms with Crippen LogP contribution in [0, 0.1) is 5.41 Å². The lowest BCUT2D eigenvalue weighted by molar-refractivity contribution is -0.137. The number of amides is 2. The van der Waals surface area contributed by atoms with E-state index in [1.165, 1.54) is 110 Å². The fourth-order valence-corrected chi connectivity index (χ4v) is 11.5. The van der Waals surface area contributed by atoms with E-state index in [4.69, 9.17) is 19.5 Å². The number of nitrogens with zero attached hydrogens (tertiary/aromatic N) is 4. The fraction of sp³-hybridized carbons (Fsp3) is 0.800. The number of imidazole rings is 1. The third-order valence-electron chi connectivity index (χ3n) is 12.2. The van der Waals surface area contributed by atoms with E-state index >= 15 is 0 Å². The third kappa shape index (κ3) is 25.6. The minimum Gasteiger partial charge on any atom is -0.386 e. The highest BCUT2D eigenvalue weighted by molar-refractivity contribution is 8.13. The maximum Gasteiger partial charge on any atom is 0.481 e. The van der Waals surface area contributed by atoms with Crippen molar-refractivity contribution < 1.29 is 85.3 Å². The monoisotopic (exact) mass is 1130 g/mol. The second-order valence-corrected chi connectivity index (χ2v) is 24.5. The van der Waals surface area contributed by atoms with E-state index in [9.17, 15) is 62.7 Å². The Morgan fingerprint density at radius 2 is 1.35 bits per heavy atom. The summed E-state index contributed by atoms with van der Waals surface area (Å²) in [6, 6.07) is 0. The molecule has 0 radical (unpaired) electrons. The number of ketones is 1. The summed E-state index contributed by atoms with van der Waals surface area (Å²) in [7, 11) is -16.5. The average molecular weight is 1130 g/mol. The van der Waals surface area contributed by atoms with Crippen molar-refractivity contribution in [1.82, 2.24) is 30.2 Å². The Labute approximate surface area is 437 Å². The van der Waals surface area contributed by atoms with Crippen molar-refractivity contribution >= 4 is 74.9 Å². The SMILES string of the molecule is CCCCCCCCCCCCCCCCCCCCCC(=O)CC(=O)SCCNC(=O)CCNC(=O)[C@H](O)C(C)(C)COP(=O)(O)OP(=O)(O)OC[C@H]1O[C@@H](n2cnc3c(N)ncnc32)C(O)C1OP(=O)(O)O. The number of aliphatic hydroxyl groups excluding tert-OH is 2. The van der Waals surface area contributed by atoms with Crippen LogP contribution in [0.5, 0.6) is 0 Å². The molecular formula is C45H80N7O18P3S. The summed E-state index contributed by atoms with van der Waals surface area (Å²) in [6.45, 7) is 2.61. The second-order valence-electron chi connectivity index (χ2n) is 19.1. The molecule has 2 aromatic heterocycles. The highest BCUT2D eigenvalue weighted by Crippen LogP contribution is 2.61. The number of ether oxygens (including phenoxy) is 1. The number of anilines is 1. The minimum absolute atomic E-state index is 0.0270. The van der Waals surface area contributed by atoms with Crippen LogP contribution >= 0.6 is 35.2 Å². The molecule has 0 aromatic carbocycles. The maximum absolute atomic E-state index is 12.8. The van der Waals surface area contributed by atoms with Gasteiger partial charge in [0, 0.05) is 37.1 Å². The molecule has 25 nitrogen and oxygen atoms in total. The lowest BCUT2D eigenvalue weighted by Gasteiger charge is -2.30. The van der Waals surface area contributed by atoms with E-state index in [1.54, 1.807) is 0 Å². The number of aliphatic hydroxyl groups is 2. The van der Waals surface area contributed by atoms with Crippen LogP contribution in [0.1, 0.15) is 168 Å². The number of carbonyl (C=O) groups excluding carboxylic acids is 4. The van der Waals surface area contributed by atoms with Crippen molar-refractivity contribution in [1.29, 1.82) is 0 Å². The number of thioether (sulfide) groups is 1. The fourth-order valence-electron chi connectivity index (χ4n) is 8.00. The predicted octanol–water partition coefficient (Wildman–Crippen LogP) is 6.45. The van der Waals surface area contributed by atoms with Crippen LogP contribution in [0.25, 0.3) is 11.2 Å². The van der Waals surface area contributed by atoms with E-state index in [1.807, 2.05) is 0 Å². The molecule has 1 aliphatic heterocycles. The first-order chi connectivity index (χ1) is 34.9. The molecule has 7 atom stereocenters. The van der Waals surface area contributed by atoms with Gasteiger partial charge in [0.2, 0.25) is 11.8 Å². The van der Waals surface area contributed by atoms with Crippen LogP contribution in [-0.4, -0.2) is 128 Å². The Bertz CT molecular complexity index is 2190. The zero-order chi connectivity index (χ0) is 54.8. The van der Waals surface area contributed by atoms with Gasteiger partial charge in [0.05, 0.1) is 26.0 Å². The maximum atomic E-state index is 12.8. The Morgan fingerprint density at radius 3 is 1.92 bits per heavy atom. The summed E-state index contributed by atoms with van der Waals surface area (Å²) < 4.78 is 62.5. The number of phosphoric acid groups is 3. The molecule has 74 heavy (non-hydrogen) atoms. The van der Waals surface area contributed by atoms with Gasteiger partial charge in [-0.2, -0.15) is 4.31 Å². The summed E-state index contributed by atoms with van der Waals surface area (Å²) in [6.07, 6.45) is 17.2. The Hall–Kier alpha value is -2.77. The molecule has 0 bridgehead atoms. The van der Waals surface area contributed by atoms with E-state index in [0.717, 1.165) is 54.7 Å². The van der Waals surface area contributed by atoms with Crippen molar-refractivity contribution in [2.24, 2.45) is 5.41 Å². The number of nitrogens with one attached hydrogen (secondary N) is 2. The van der Waals surface area contributed by atoms with Crippen molar-refractivity contribution in [3.63, 3.8) is 0 Å². The Kier molecular flexibility index (Phi) is 29.7. The molecule has 1 aliphatic rings. The molecule has 3 heterocycles. The van der Waals surface area contributed by atoms with Crippen molar-refractivity contribution in [2.45, 2.75) is 193 Å². The van der Waals surface area contributed by atoms with Crippen LogP contribution in [0.3, 0.4) is 0 Å². The quantitative estimate of drug-likeness (QED) is 0.0196. The number of fused-ring (bicyclic) bond motifs is 1. The van der Waals surface area contributed by atoms with Gasteiger partial charge in [-0.3, -0.25) is 37.3 Å². The normalized spacial score (nSPS) is 19.3. The number of hydrogen-bond donors (Lipinski definition) is 9. The molecule has 4 unspecified atom stereocenters. The van der Waals surface area contributed by atoms with Crippen LogP contribution < -0.4 is 16.4 Å². The van der Waals surface area contributed by atoms with Gasteiger partial charge in [0.25, 0.3) is 0 Å². The van der Waals surface area contributed by atoms with Crippen LogP contribution in [0.15, 0.2) is 12.7 Å². The topological polar surface area (TPSA) is 381 Å². The van der Waals surface area contributed by atoms with Gasteiger partial charge in [-0.1, -0.05) is 148 Å².